The van der Waals surface area contributed by atoms with Gasteiger partial charge in [0.05, 0.1) is 0 Å². The lowest BCUT2D eigenvalue weighted by Crippen LogP contribution is -2.27. The maximum absolute atomic E-state index is 11.7. The van der Waals surface area contributed by atoms with E-state index in [1.807, 2.05) is 13.8 Å². The molecule has 0 radical (unpaired) electrons. The Morgan fingerprint density at radius 1 is 1.33 bits per heavy atom. The zero-order chi connectivity index (χ0) is 11.4. The molecule has 3 heteroatoms. The van der Waals surface area contributed by atoms with Crippen LogP contribution in [0, 0.1) is 5.92 Å². The Morgan fingerprint density at radius 3 is 2.33 bits per heavy atom. The van der Waals surface area contributed by atoms with Crippen molar-refractivity contribution in [1.82, 2.24) is 0 Å². The minimum Gasteiger partial charge on any atom is -0.508 e. The Bertz CT molecular complexity index is 330. The van der Waals surface area contributed by atoms with Crippen molar-refractivity contribution in [1.29, 1.82) is 0 Å². The molecule has 0 bridgehead atoms. The summed E-state index contributed by atoms with van der Waals surface area (Å²) < 4.78 is 0. The predicted octanol–water partition coefficient (Wildman–Crippen LogP) is 2.40. The zero-order valence-corrected chi connectivity index (χ0v) is 9.40. The summed E-state index contributed by atoms with van der Waals surface area (Å²) in [6, 6.07) is 6.62. The van der Waals surface area contributed by atoms with Crippen molar-refractivity contribution in [2.24, 2.45) is 5.92 Å². The van der Waals surface area contributed by atoms with E-state index in [4.69, 9.17) is 5.11 Å². The Morgan fingerprint density at radius 2 is 1.87 bits per heavy atom. The van der Waals surface area contributed by atoms with Gasteiger partial charge in [0.1, 0.15) is 5.75 Å². The van der Waals surface area contributed by atoms with Crippen LogP contribution in [0.2, 0.25) is 0 Å². The lowest BCUT2D eigenvalue weighted by atomic mass is 10.1. The highest BCUT2D eigenvalue weighted by molar-refractivity contribution is 5.92. The topological polar surface area (TPSA) is 40.5 Å². The molecule has 1 aromatic carbocycles. The molecular weight excluding hydrogens is 190 g/mol. The van der Waals surface area contributed by atoms with Crippen molar-refractivity contribution in [2.75, 3.05) is 11.9 Å². The SMILES string of the molecule is CC(C)CC(=O)N(C)c1ccc(O)cc1. The largest absolute Gasteiger partial charge is 0.508 e. The molecule has 0 saturated carbocycles. The van der Waals surface area contributed by atoms with E-state index < -0.39 is 0 Å². The molecule has 0 aliphatic heterocycles. The molecule has 1 N–H and O–H groups in total. The highest BCUT2D eigenvalue weighted by atomic mass is 16.3. The highest BCUT2D eigenvalue weighted by Crippen LogP contribution is 2.18. The summed E-state index contributed by atoms with van der Waals surface area (Å²) in [5.74, 6) is 0.663. The molecule has 0 aliphatic rings. The van der Waals surface area contributed by atoms with Gasteiger partial charge in [-0.1, -0.05) is 13.8 Å². The summed E-state index contributed by atoms with van der Waals surface area (Å²) in [7, 11) is 1.75. The fourth-order valence-corrected chi connectivity index (χ4v) is 1.31. The maximum atomic E-state index is 11.7. The molecule has 0 spiro atoms. The number of anilines is 1. The van der Waals surface area contributed by atoms with Crippen molar-refractivity contribution in [2.45, 2.75) is 20.3 Å². The number of nitrogens with zero attached hydrogens (tertiary/aromatic N) is 1. The second-order valence-corrected chi connectivity index (χ2v) is 4.07. The number of amides is 1. The van der Waals surface area contributed by atoms with Crippen molar-refractivity contribution in [3.05, 3.63) is 24.3 Å². The second kappa shape index (κ2) is 4.82. The first-order chi connectivity index (χ1) is 7.00. The minimum absolute atomic E-state index is 0.0932. The Kier molecular flexibility index (Phi) is 3.72. The van der Waals surface area contributed by atoms with Gasteiger partial charge in [-0.2, -0.15) is 0 Å². The van der Waals surface area contributed by atoms with Crippen LogP contribution in [-0.2, 0) is 4.79 Å². The third kappa shape index (κ3) is 3.27. The van der Waals surface area contributed by atoms with Crippen LogP contribution in [0.25, 0.3) is 0 Å². The van der Waals surface area contributed by atoms with E-state index in [1.165, 1.54) is 0 Å². The van der Waals surface area contributed by atoms with Crippen molar-refractivity contribution in [3.8, 4) is 5.75 Å². The summed E-state index contributed by atoms with van der Waals surface area (Å²) in [4.78, 5) is 13.3. The van der Waals surface area contributed by atoms with Crippen LogP contribution in [0.4, 0.5) is 5.69 Å². The van der Waals surface area contributed by atoms with E-state index in [0.29, 0.717) is 12.3 Å². The third-order valence-electron chi connectivity index (χ3n) is 2.19. The fourth-order valence-electron chi connectivity index (χ4n) is 1.31. The number of hydrogen-bond acceptors (Lipinski definition) is 2. The van der Waals surface area contributed by atoms with Gasteiger partial charge >= 0.3 is 0 Å². The first-order valence-electron chi connectivity index (χ1n) is 5.06. The molecule has 0 fully saturated rings. The molecule has 1 aromatic rings. The number of carbonyl (C=O) groups is 1. The zero-order valence-electron chi connectivity index (χ0n) is 9.40. The molecule has 0 heterocycles. The molecule has 82 valence electrons. The Balaban J connectivity index is 2.71. The average molecular weight is 207 g/mol. The molecule has 0 saturated heterocycles. The van der Waals surface area contributed by atoms with Gasteiger partial charge in [-0.05, 0) is 30.2 Å². The van der Waals surface area contributed by atoms with Crippen LogP contribution < -0.4 is 4.90 Å². The normalized spacial score (nSPS) is 10.4. The van der Waals surface area contributed by atoms with Gasteiger partial charge in [-0.15, -0.1) is 0 Å². The van der Waals surface area contributed by atoms with Gasteiger partial charge in [0.2, 0.25) is 5.91 Å². The first kappa shape index (κ1) is 11.6. The second-order valence-electron chi connectivity index (χ2n) is 4.07. The van der Waals surface area contributed by atoms with Crippen LogP contribution in [0.3, 0.4) is 0 Å². The first-order valence-corrected chi connectivity index (χ1v) is 5.06. The van der Waals surface area contributed by atoms with Crippen LogP contribution in [0.1, 0.15) is 20.3 Å². The monoisotopic (exact) mass is 207 g/mol. The molecule has 0 aliphatic carbocycles. The number of aromatic hydroxyl groups is 1. The van der Waals surface area contributed by atoms with Gasteiger partial charge in [-0.25, -0.2) is 0 Å². The van der Waals surface area contributed by atoms with Crippen LogP contribution in [0.5, 0.6) is 5.75 Å². The Labute approximate surface area is 90.3 Å². The highest BCUT2D eigenvalue weighted by Gasteiger charge is 2.11. The smallest absolute Gasteiger partial charge is 0.226 e. The van der Waals surface area contributed by atoms with E-state index in [0.717, 1.165) is 5.69 Å². The maximum Gasteiger partial charge on any atom is 0.226 e. The molecular formula is C12H17NO2. The van der Waals surface area contributed by atoms with Crippen LogP contribution in [-0.4, -0.2) is 18.1 Å². The van der Waals surface area contributed by atoms with Crippen molar-refractivity contribution < 1.29 is 9.90 Å². The van der Waals surface area contributed by atoms with Gasteiger partial charge in [-0.3, -0.25) is 4.79 Å². The number of phenols is 1. The predicted molar refractivity (Wildman–Crippen MR) is 61.0 cm³/mol. The molecule has 3 nitrogen and oxygen atoms in total. The van der Waals surface area contributed by atoms with Crippen LogP contribution >= 0.6 is 0 Å². The summed E-state index contributed by atoms with van der Waals surface area (Å²) in [5, 5.41) is 9.12. The Hall–Kier alpha value is -1.51. The summed E-state index contributed by atoms with van der Waals surface area (Å²) in [6.07, 6.45) is 0.539. The molecule has 0 unspecified atom stereocenters. The van der Waals surface area contributed by atoms with E-state index in [2.05, 4.69) is 0 Å². The van der Waals surface area contributed by atoms with E-state index in [9.17, 15) is 4.79 Å². The number of benzene rings is 1. The standard InChI is InChI=1S/C12H17NO2/c1-9(2)8-12(15)13(3)10-4-6-11(14)7-5-10/h4-7,9,14H,8H2,1-3H3. The number of rotatable bonds is 3. The summed E-state index contributed by atoms with van der Waals surface area (Å²) in [5.41, 5.74) is 0.804. The van der Waals surface area contributed by atoms with Gasteiger partial charge in [0.15, 0.2) is 0 Å². The molecule has 0 atom stereocenters. The molecule has 0 aromatic heterocycles. The van der Waals surface area contributed by atoms with Crippen LogP contribution in [0.15, 0.2) is 24.3 Å². The van der Waals surface area contributed by atoms with E-state index in [-0.39, 0.29) is 11.7 Å². The lowest BCUT2D eigenvalue weighted by Gasteiger charge is -2.18. The van der Waals surface area contributed by atoms with Gasteiger partial charge < -0.3 is 10.0 Å². The summed E-state index contributed by atoms with van der Waals surface area (Å²) in [6.45, 7) is 4.03. The van der Waals surface area contributed by atoms with E-state index in [1.54, 1.807) is 36.2 Å². The van der Waals surface area contributed by atoms with E-state index >= 15 is 0 Å². The quantitative estimate of drug-likeness (QED) is 0.826. The lowest BCUT2D eigenvalue weighted by molar-refractivity contribution is -0.119. The average Bonchev–Trinajstić information content (AvgIpc) is 2.17. The fraction of sp³-hybridized carbons (Fsp3) is 0.417. The van der Waals surface area contributed by atoms with Crippen molar-refractivity contribution in [3.63, 3.8) is 0 Å². The molecule has 15 heavy (non-hydrogen) atoms. The van der Waals surface area contributed by atoms with Gasteiger partial charge in [0.25, 0.3) is 0 Å². The third-order valence-corrected chi connectivity index (χ3v) is 2.19. The van der Waals surface area contributed by atoms with Gasteiger partial charge in [0, 0.05) is 19.2 Å². The molecule has 1 amide bonds. The number of carbonyl (C=O) groups excluding carboxylic acids is 1. The number of hydrogen-bond donors (Lipinski definition) is 1. The molecule has 1 rings (SSSR count). The summed E-state index contributed by atoms with van der Waals surface area (Å²) >= 11 is 0. The minimum atomic E-state index is 0.0932. The van der Waals surface area contributed by atoms with Crippen molar-refractivity contribution >= 4 is 11.6 Å². The number of phenolic OH excluding ortho intramolecular Hbond substituents is 1.